The largest absolute Gasteiger partial charge is 0.481 e. The van der Waals surface area contributed by atoms with Gasteiger partial charge in [0, 0.05) is 62.2 Å². The average Bonchev–Trinajstić information content (AvgIpc) is 2.77. The summed E-state index contributed by atoms with van der Waals surface area (Å²) in [6.07, 6.45) is 6.86. The van der Waals surface area contributed by atoms with Crippen LogP contribution in [0.2, 0.25) is 0 Å². The quantitative estimate of drug-likeness (QED) is 0.762. The Kier molecular flexibility index (Phi) is 5.61. The lowest BCUT2D eigenvalue weighted by Crippen LogP contribution is -2.47. The number of likely N-dealkylation sites (tertiary alicyclic amines) is 2. The molecule has 0 saturated carbocycles. The first-order valence-electron chi connectivity index (χ1n) is 11.4. The molecular formula is C24H32N4O2. The molecule has 2 bridgehead atoms. The van der Waals surface area contributed by atoms with E-state index in [1.807, 2.05) is 12.3 Å². The van der Waals surface area contributed by atoms with Gasteiger partial charge in [0.15, 0.2) is 0 Å². The molecular weight excluding hydrogens is 376 g/mol. The predicted molar refractivity (Wildman–Crippen MR) is 117 cm³/mol. The molecule has 0 amide bonds. The van der Waals surface area contributed by atoms with Gasteiger partial charge in [0.2, 0.25) is 5.88 Å². The van der Waals surface area contributed by atoms with Gasteiger partial charge in [0.1, 0.15) is 0 Å². The van der Waals surface area contributed by atoms with Crippen molar-refractivity contribution in [3.05, 3.63) is 57.6 Å². The van der Waals surface area contributed by atoms with E-state index in [1.54, 1.807) is 7.11 Å². The van der Waals surface area contributed by atoms with Crippen LogP contribution in [0.15, 0.2) is 35.3 Å². The van der Waals surface area contributed by atoms with Crippen molar-refractivity contribution >= 4 is 0 Å². The maximum atomic E-state index is 13.3. The number of rotatable bonds is 5. The van der Waals surface area contributed by atoms with E-state index in [4.69, 9.17) is 4.74 Å². The van der Waals surface area contributed by atoms with Crippen molar-refractivity contribution in [2.45, 2.75) is 51.2 Å². The molecule has 3 aliphatic rings. The molecule has 0 unspecified atom stereocenters. The topological polar surface area (TPSA) is 50.6 Å². The van der Waals surface area contributed by atoms with E-state index >= 15 is 0 Å². The Morgan fingerprint density at radius 2 is 1.90 bits per heavy atom. The van der Waals surface area contributed by atoms with Crippen LogP contribution >= 0.6 is 0 Å². The number of nitrogens with zero attached hydrogens (tertiary/aromatic N) is 4. The number of fused-ring (bicyclic) bond motifs is 4. The van der Waals surface area contributed by atoms with Crippen LogP contribution in [-0.2, 0) is 19.6 Å². The van der Waals surface area contributed by atoms with Gasteiger partial charge in [-0.15, -0.1) is 0 Å². The second kappa shape index (κ2) is 8.52. The highest BCUT2D eigenvalue weighted by Gasteiger charge is 2.35. The zero-order valence-electron chi connectivity index (χ0n) is 17.9. The second-order valence-corrected chi connectivity index (χ2v) is 9.24. The minimum atomic E-state index is 0.250. The first-order valence-corrected chi connectivity index (χ1v) is 11.4. The number of hydrogen-bond donors (Lipinski definition) is 0. The third kappa shape index (κ3) is 4.03. The molecule has 3 aliphatic heterocycles. The summed E-state index contributed by atoms with van der Waals surface area (Å²) in [4.78, 5) is 22.5. The highest BCUT2D eigenvalue weighted by molar-refractivity contribution is 5.24. The summed E-state index contributed by atoms with van der Waals surface area (Å²) in [5, 5.41) is 0. The molecule has 6 nitrogen and oxygen atoms in total. The van der Waals surface area contributed by atoms with Crippen LogP contribution in [0.4, 0.5) is 0 Å². The Labute approximate surface area is 178 Å². The molecule has 0 spiro atoms. The first-order chi connectivity index (χ1) is 14.7. The van der Waals surface area contributed by atoms with Crippen molar-refractivity contribution in [2.24, 2.45) is 5.92 Å². The summed E-state index contributed by atoms with van der Waals surface area (Å²) in [7, 11) is 1.66. The molecule has 2 saturated heterocycles. The number of piperidine rings is 2. The SMILES string of the molecule is COc1cc(CN2C[C@@H]3C[C@H](C2)c2ccc(CN4CCCCC4)c(=O)n2C3)ccn1. The molecule has 2 aromatic rings. The maximum Gasteiger partial charge on any atom is 0.255 e. The van der Waals surface area contributed by atoms with Crippen LogP contribution in [0.25, 0.3) is 0 Å². The molecule has 5 rings (SSSR count). The van der Waals surface area contributed by atoms with Gasteiger partial charge in [-0.25, -0.2) is 4.98 Å². The van der Waals surface area contributed by atoms with Crippen LogP contribution in [0, 0.1) is 5.92 Å². The highest BCUT2D eigenvalue weighted by atomic mass is 16.5. The van der Waals surface area contributed by atoms with Crippen molar-refractivity contribution in [3.8, 4) is 5.88 Å². The molecule has 160 valence electrons. The standard InChI is InChI=1S/C24H32N4O2/c1-30-23-12-18(7-8-25-23)13-27-14-19-11-21(17-27)22-6-5-20(24(29)28(22)15-19)16-26-9-3-2-4-10-26/h5-8,12,19,21H,2-4,9-11,13-17H2,1H3/t19-,21+/m0/s1. The summed E-state index contributed by atoms with van der Waals surface area (Å²) >= 11 is 0. The average molecular weight is 409 g/mol. The summed E-state index contributed by atoms with van der Waals surface area (Å²) in [5.74, 6) is 1.66. The normalized spacial score (nSPS) is 24.4. The zero-order valence-corrected chi connectivity index (χ0v) is 17.9. The summed E-state index contributed by atoms with van der Waals surface area (Å²) in [6, 6.07) is 8.43. The molecule has 2 aromatic heterocycles. The minimum absolute atomic E-state index is 0.250. The monoisotopic (exact) mass is 408 g/mol. The van der Waals surface area contributed by atoms with Gasteiger partial charge in [0.25, 0.3) is 5.56 Å². The maximum absolute atomic E-state index is 13.3. The Morgan fingerprint density at radius 3 is 2.73 bits per heavy atom. The number of methoxy groups -OCH3 is 1. The predicted octanol–water partition coefficient (Wildman–Crippen LogP) is 2.86. The van der Waals surface area contributed by atoms with Gasteiger partial charge in [0.05, 0.1) is 7.11 Å². The van der Waals surface area contributed by atoms with Crippen LogP contribution < -0.4 is 10.3 Å². The molecule has 5 heterocycles. The fraction of sp³-hybridized carbons (Fsp3) is 0.583. The van der Waals surface area contributed by atoms with E-state index in [9.17, 15) is 4.79 Å². The lowest BCUT2D eigenvalue weighted by Gasteiger charge is -2.43. The third-order valence-corrected chi connectivity index (χ3v) is 7.02. The van der Waals surface area contributed by atoms with Gasteiger partial charge in [-0.1, -0.05) is 12.5 Å². The summed E-state index contributed by atoms with van der Waals surface area (Å²) < 4.78 is 7.37. The third-order valence-electron chi connectivity index (χ3n) is 7.02. The highest BCUT2D eigenvalue weighted by Crippen LogP contribution is 2.35. The van der Waals surface area contributed by atoms with Gasteiger partial charge in [-0.05, 0) is 56.0 Å². The summed E-state index contributed by atoms with van der Waals surface area (Å²) in [5.41, 5.74) is 3.69. The number of aromatic nitrogens is 2. The van der Waals surface area contributed by atoms with Gasteiger partial charge < -0.3 is 9.30 Å². The molecule has 30 heavy (non-hydrogen) atoms. The fourth-order valence-electron chi connectivity index (χ4n) is 5.62. The van der Waals surface area contributed by atoms with E-state index in [0.717, 1.165) is 51.4 Å². The summed E-state index contributed by atoms with van der Waals surface area (Å²) in [6.45, 7) is 6.88. The molecule has 6 heteroatoms. The van der Waals surface area contributed by atoms with Crippen molar-refractivity contribution in [2.75, 3.05) is 33.3 Å². The van der Waals surface area contributed by atoms with Crippen LogP contribution in [0.5, 0.6) is 5.88 Å². The van der Waals surface area contributed by atoms with Gasteiger partial charge >= 0.3 is 0 Å². The smallest absolute Gasteiger partial charge is 0.255 e. The van der Waals surface area contributed by atoms with Crippen molar-refractivity contribution in [1.82, 2.24) is 19.4 Å². The number of pyridine rings is 2. The number of hydrogen-bond acceptors (Lipinski definition) is 5. The lowest BCUT2D eigenvalue weighted by molar-refractivity contribution is 0.114. The van der Waals surface area contributed by atoms with Crippen LogP contribution in [0.3, 0.4) is 0 Å². The van der Waals surface area contributed by atoms with Gasteiger partial charge in [-0.2, -0.15) is 0 Å². The minimum Gasteiger partial charge on any atom is -0.481 e. The first kappa shape index (κ1) is 19.8. The molecule has 0 radical (unpaired) electrons. The van der Waals surface area contributed by atoms with Crippen LogP contribution in [-0.4, -0.2) is 52.6 Å². The Bertz CT molecular complexity index is 950. The van der Waals surface area contributed by atoms with E-state index in [-0.39, 0.29) is 5.56 Å². The molecule has 0 N–H and O–H groups in total. The zero-order chi connectivity index (χ0) is 20.5. The Balaban J connectivity index is 1.32. The fourth-order valence-corrected chi connectivity index (χ4v) is 5.62. The van der Waals surface area contributed by atoms with E-state index in [1.165, 1.54) is 36.9 Å². The molecule has 0 aliphatic carbocycles. The lowest BCUT2D eigenvalue weighted by atomic mass is 9.83. The van der Waals surface area contributed by atoms with Crippen molar-refractivity contribution in [3.63, 3.8) is 0 Å². The number of ether oxygens (including phenoxy) is 1. The Morgan fingerprint density at radius 1 is 1.03 bits per heavy atom. The van der Waals surface area contributed by atoms with E-state index < -0.39 is 0 Å². The van der Waals surface area contributed by atoms with Crippen molar-refractivity contribution < 1.29 is 4.74 Å². The van der Waals surface area contributed by atoms with Crippen LogP contribution in [0.1, 0.15) is 48.4 Å². The molecule has 0 aromatic carbocycles. The van der Waals surface area contributed by atoms with E-state index in [2.05, 4.69) is 37.5 Å². The molecule has 2 fully saturated rings. The second-order valence-electron chi connectivity index (χ2n) is 9.24. The molecule has 2 atom stereocenters. The Hall–Kier alpha value is -2.18. The van der Waals surface area contributed by atoms with E-state index in [0.29, 0.717) is 17.7 Å². The van der Waals surface area contributed by atoms with Gasteiger partial charge in [-0.3, -0.25) is 14.6 Å². The van der Waals surface area contributed by atoms with Crippen molar-refractivity contribution in [1.29, 1.82) is 0 Å².